The second kappa shape index (κ2) is 17.6. The summed E-state index contributed by atoms with van der Waals surface area (Å²) in [5, 5.41) is 0.920. The average Bonchev–Trinajstić information content (AvgIpc) is 2.88. The first kappa shape index (κ1) is 46.8. The lowest BCUT2D eigenvalue weighted by Crippen LogP contribution is -2.88. The van der Waals surface area contributed by atoms with Crippen LogP contribution in [0.25, 0.3) is 0 Å². The van der Waals surface area contributed by atoms with Gasteiger partial charge in [0.15, 0.2) is 0 Å². The number of hydrogen-bond acceptors (Lipinski definition) is 12. The Kier molecular flexibility index (Phi) is 15.3. The smallest absolute Gasteiger partial charge is 0.373 e. The SMILES string of the molecule is CC(C)C[Si]12O[Si]3(CCCCCBr)O[Si]4(CC(C)C)O[Si](CC(C)C)(O1)O[Si]1(CC(C)C)O[Si](CC(C)C)(O2)O[Si](CC(C)C)(O3)O[Si](CC(C)C)(O4)O1. The summed E-state index contributed by atoms with van der Waals surface area (Å²) < 4.78 is 93.4. The Bertz CT molecular complexity index is 1120. The quantitative estimate of drug-likeness (QED) is 0.0699. The summed E-state index contributed by atoms with van der Waals surface area (Å²) in [7, 11) is -30.9. The van der Waals surface area contributed by atoms with Gasteiger partial charge in [0.25, 0.3) is 0 Å². The standard InChI is InChI=1S/C33H73BrO12Si8/c1-27(2)20-48-35-47(19-17-15-16-18-34)36-49(21-28(3)4)40-51(38-48,23-30(7)8)44-54(26-33(13)14)45-52(39-48,24-31(9)10)41-50(37-47,22-29(5)6)43-53(42-49,46-54)25-32(11)12/h27-33H,15-26H2,1-14H3. The monoisotopic (exact) mass is 964 g/mol. The molecule has 0 saturated carbocycles. The minimum Gasteiger partial charge on any atom is -0.373 e. The molecule has 0 N–H and O–H groups in total. The van der Waals surface area contributed by atoms with E-state index < -0.39 is 70.4 Å². The number of alkyl halides is 1. The first-order chi connectivity index (χ1) is 25.0. The summed E-state index contributed by atoms with van der Waals surface area (Å²) in [6.07, 6.45) is 2.82. The normalized spacial score (nSPS) is 40.8. The predicted molar refractivity (Wildman–Crippen MR) is 229 cm³/mol. The van der Waals surface area contributed by atoms with Gasteiger partial charge in [-0.1, -0.05) is 119 Å². The summed E-state index contributed by atoms with van der Waals surface area (Å²) in [6.45, 7) is 30.6. The maximum atomic E-state index is 7.80. The molecule has 0 unspecified atom stereocenters. The fourth-order valence-electron chi connectivity index (χ4n) is 8.48. The van der Waals surface area contributed by atoms with Crippen molar-refractivity contribution in [2.24, 2.45) is 41.4 Å². The van der Waals surface area contributed by atoms with Crippen molar-refractivity contribution in [1.82, 2.24) is 0 Å². The van der Waals surface area contributed by atoms with E-state index in [2.05, 4.69) is 113 Å². The van der Waals surface area contributed by atoms with Crippen molar-refractivity contribution in [2.45, 2.75) is 165 Å². The van der Waals surface area contributed by atoms with E-state index in [0.29, 0.717) is 48.4 Å². The van der Waals surface area contributed by atoms with Gasteiger partial charge < -0.3 is 49.4 Å². The summed E-state index contributed by atoms with van der Waals surface area (Å²) in [5.74, 6) is 1.04. The molecule has 0 amide bonds. The largest absolute Gasteiger partial charge is 0.479 e. The van der Waals surface area contributed by atoms with Gasteiger partial charge in [-0.05, 0) is 54.3 Å². The zero-order chi connectivity index (χ0) is 40.0. The second-order valence-electron chi connectivity index (χ2n) is 19.4. The molecule has 6 fully saturated rings. The van der Waals surface area contributed by atoms with Crippen LogP contribution in [0.4, 0.5) is 0 Å². The van der Waals surface area contributed by atoms with Crippen LogP contribution in [-0.4, -0.2) is 75.8 Å². The van der Waals surface area contributed by atoms with E-state index in [1.165, 1.54) is 0 Å². The van der Waals surface area contributed by atoms with E-state index >= 15 is 0 Å². The maximum Gasteiger partial charge on any atom is 0.479 e. The van der Waals surface area contributed by atoms with Gasteiger partial charge in [0.05, 0.1) is 0 Å². The zero-order valence-electron chi connectivity index (χ0n) is 35.8. The van der Waals surface area contributed by atoms with Gasteiger partial charge in [-0.3, -0.25) is 0 Å². The van der Waals surface area contributed by atoms with Crippen molar-refractivity contribution in [2.75, 3.05) is 5.33 Å². The van der Waals surface area contributed by atoms with E-state index in [9.17, 15) is 0 Å². The summed E-state index contributed by atoms with van der Waals surface area (Å²) in [4.78, 5) is 0. The van der Waals surface area contributed by atoms with Crippen molar-refractivity contribution < 1.29 is 49.4 Å². The third-order valence-corrected chi connectivity index (χ3v) is 50.1. The van der Waals surface area contributed by atoms with Crippen molar-refractivity contribution in [3.63, 3.8) is 0 Å². The molecular weight excluding hydrogens is 893 g/mol. The first-order valence-electron chi connectivity index (χ1n) is 20.9. The molecule has 6 heterocycles. The minimum absolute atomic E-state index is 0.148. The Balaban J connectivity index is 1.94. The molecule has 0 radical (unpaired) electrons. The lowest BCUT2D eigenvalue weighted by molar-refractivity contribution is -0.0341. The number of unbranched alkanes of at least 4 members (excludes halogenated alkanes) is 2. The van der Waals surface area contributed by atoms with Crippen molar-refractivity contribution in [1.29, 1.82) is 0 Å². The fraction of sp³-hybridized carbons (Fsp3) is 1.00. The molecule has 6 saturated heterocycles. The van der Waals surface area contributed by atoms with Gasteiger partial charge in [0, 0.05) is 53.7 Å². The Morgan fingerprint density at radius 1 is 0.278 bits per heavy atom. The second-order valence-corrected chi connectivity index (χ2v) is 44.3. The molecule has 8 bridgehead atoms. The van der Waals surface area contributed by atoms with E-state index in [0.717, 1.165) is 24.6 Å². The van der Waals surface area contributed by atoms with Crippen molar-refractivity contribution >= 4 is 86.4 Å². The molecule has 6 rings (SSSR count). The molecule has 0 aliphatic carbocycles. The van der Waals surface area contributed by atoms with E-state index in [4.69, 9.17) is 49.4 Å². The molecule has 0 atom stereocenters. The van der Waals surface area contributed by atoms with Crippen molar-refractivity contribution in [3.05, 3.63) is 0 Å². The lowest BCUT2D eigenvalue weighted by atomic mass is 10.3. The van der Waals surface area contributed by atoms with Gasteiger partial charge in [-0.15, -0.1) is 0 Å². The molecule has 0 aromatic heterocycles. The molecule has 21 heteroatoms. The third kappa shape index (κ3) is 11.2. The van der Waals surface area contributed by atoms with Crippen LogP contribution in [0.2, 0.25) is 48.4 Å². The Labute approximate surface area is 345 Å². The van der Waals surface area contributed by atoms with Crippen LogP contribution < -0.4 is 0 Å². The van der Waals surface area contributed by atoms with Crippen LogP contribution in [0.1, 0.15) is 116 Å². The highest BCUT2D eigenvalue weighted by molar-refractivity contribution is 9.09. The van der Waals surface area contributed by atoms with E-state index in [1.54, 1.807) is 0 Å². The van der Waals surface area contributed by atoms with Crippen LogP contribution >= 0.6 is 15.9 Å². The van der Waals surface area contributed by atoms with E-state index in [-0.39, 0.29) is 41.4 Å². The topological polar surface area (TPSA) is 111 Å². The van der Waals surface area contributed by atoms with Crippen LogP contribution in [0.3, 0.4) is 0 Å². The van der Waals surface area contributed by atoms with Crippen LogP contribution in [-0.2, 0) is 49.4 Å². The zero-order valence-corrected chi connectivity index (χ0v) is 45.4. The molecular formula is C33H73BrO12Si8. The van der Waals surface area contributed by atoms with Gasteiger partial charge in [0.1, 0.15) is 0 Å². The Morgan fingerprint density at radius 3 is 0.630 bits per heavy atom. The molecule has 54 heavy (non-hydrogen) atoms. The van der Waals surface area contributed by atoms with E-state index in [1.807, 2.05) is 0 Å². The molecule has 6 aliphatic rings. The highest BCUT2D eigenvalue weighted by Crippen LogP contribution is 2.56. The van der Waals surface area contributed by atoms with Gasteiger partial charge in [-0.25, -0.2) is 0 Å². The minimum atomic E-state index is -3.86. The summed E-state index contributed by atoms with van der Waals surface area (Å²) in [5.41, 5.74) is 0. The molecule has 0 aromatic rings. The molecule has 6 aliphatic heterocycles. The first-order valence-corrected chi connectivity index (χ1v) is 37.5. The molecule has 0 aromatic carbocycles. The lowest BCUT2D eigenvalue weighted by Gasteiger charge is -2.64. The average molecular weight is 967 g/mol. The fourth-order valence-corrected chi connectivity index (χ4v) is 60.5. The van der Waals surface area contributed by atoms with Crippen molar-refractivity contribution in [3.8, 4) is 0 Å². The molecule has 12 nitrogen and oxygen atoms in total. The van der Waals surface area contributed by atoms with Crippen LogP contribution in [0.15, 0.2) is 0 Å². The maximum absolute atomic E-state index is 7.80. The van der Waals surface area contributed by atoms with Gasteiger partial charge >= 0.3 is 70.4 Å². The van der Waals surface area contributed by atoms with Crippen LogP contribution in [0, 0.1) is 41.4 Å². The number of rotatable bonds is 19. The Hall–Kier alpha value is 1.74. The summed E-state index contributed by atoms with van der Waals surface area (Å²) >= 11 is 3.65. The third-order valence-electron chi connectivity index (χ3n) is 9.46. The number of hydrogen-bond donors (Lipinski definition) is 0. The Morgan fingerprint density at radius 2 is 0.463 bits per heavy atom. The summed E-state index contributed by atoms with van der Waals surface area (Å²) in [6, 6.07) is 4.13. The highest BCUT2D eigenvalue weighted by Gasteiger charge is 2.83. The van der Waals surface area contributed by atoms with Gasteiger partial charge in [0.2, 0.25) is 0 Å². The van der Waals surface area contributed by atoms with Crippen LogP contribution in [0.5, 0.6) is 0 Å². The van der Waals surface area contributed by atoms with Gasteiger partial charge in [-0.2, -0.15) is 0 Å². The highest BCUT2D eigenvalue weighted by atomic mass is 79.9. The predicted octanol–water partition coefficient (Wildman–Crippen LogP) is 9.92. The molecule has 316 valence electrons. The number of halogens is 1. The molecule has 0 spiro atoms.